The molecule has 2 aliphatic rings. The standard InChI is InChI=1S/C15H29NO/c1-2-16(14-8-4-3-5-9-14)12-15(13-17)10-6-7-11-15/h14,17H,2-13H2,1H3. The molecule has 2 rings (SSSR count). The Hall–Kier alpha value is -0.0800. The summed E-state index contributed by atoms with van der Waals surface area (Å²) in [5.41, 5.74) is 0.244. The zero-order valence-electron chi connectivity index (χ0n) is 11.5. The molecule has 100 valence electrons. The fourth-order valence-electron chi connectivity index (χ4n) is 3.87. The number of aliphatic hydroxyl groups is 1. The molecule has 0 atom stereocenters. The zero-order valence-corrected chi connectivity index (χ0v) is 11.5. The van der Waals surface area contributed by atoms with Gasteiger partial charge in [0.1, 0.15) is 0 Å². The molecule has 0 radical (unpaired) electrons. The molecule has 2 aliphatic carbocycles. The Balaban J connectivity index is 1.93. The van der Waals surface area contributed by atoms with Crippen LogP contribution in [0.4, 0.5) is 0 Å². The summed E-state index contributed by atoms with van der Waals surface area (Å²) >= 11 is 0. The first-order chi connectivity index (χ1) is 8.29. The summed E-state index contributed by atoms with van der Waals surface area (Å²) in [5, 5.41) is 9.73. The van der Waals surface area contributed by atoms with Crippen LogP contribution in [0.15, 0.2) is 0 Å². The van der Waals surface area contributed by atoms with Crippen molar-refractivity contribution < 1.29 is 5.11 Å². The van der Waals surface area contributed by atoms with E-state index in [2.05, 4.69) is 11.8 Å². The molecule has 0 aromatic rings. The molecule has 1 N–H and O–H groups in total. The number of nitrogens with zero attached hydrogens (tertiary/aromatic N) is 1. The zero-order chi connectivity index (χ0) is 12.1. The van der Waals surface area contributed by atoms with E-state index in [9.17, 15) is 5.11 Å². The van der Waals surface area contributed by atoms with Gasteiger partial charge in [0.25, 0.3) is 0 Å². The van der Waals surface area contributed by atoms with Crippen LogP contribution in [-0.4, -0.2) is 35.7 Å². The van der Waals surface area contributed by atoms with Crippen LogP contribution in [-0.2, 0) is 0 Å². The Kier molecular flexibility index (Phi) is 4.87. The van der Waals surface area contributed by atoms with Crippen LogP contribution in [0.1, 0.15) is 64.7 Å². The maximum atomic E-state index is 9.73. The van der Waals surface area contributed by atoms with E-state index in [1.165, 1.54) is 57.8 Å². The van der Waals surface area contributed by atoms with Crippen LogP contribution in [0, 0.1) is 5.41 Å². The topological polar surface area (TPSA) is 23.5 Å². The second kappa shape index (κ2) is 6.19. The second-order valence-corrected chi connectivity index (χ2v) is 6.22. The van der Waals surface area contributed by atoms with E-state index in [1.807, 2.05) is 0 Å². The number of aliphatic hydroxyl groups excluding tert-OH is 1. The molecular weight excluding hydrogens is 210 g/mol. The third-order valence-electron chi connectivity index (χ3n) is 5.04. The van der Waals surface area contributed by atoms with E-state index in [0.29, 0.717) is 6.61 Å². The lowest BCUT2D eigenvalue weighted by atomic mass is 9.85. The molecule has 0 amide bonds. The van der Waals surface area contributed by atoms with Gasteiger partial charge in [-0.2, -0.15) is 0 Å². The van der Waals surface area contributed by atoms with E-state index < -0.39 is 0 Å². The highest BCUT2D eigenvalue weighted by molar-refractivity contribution is 4.89. The summed E-state index contributed by atoms with van der Waals surface area (Å²) in [4.78, 5) is 2.67. The third-order valence-corrected chi connectivity index (χ3v) is 5.04. The van der Waals surface area contributed by atoms with Crippen molar-refractivity contribution >= 4 is 0 Å². The summed E-state index contributed by atoms with van der Waals surface area (Å²) in [7, 11) is 0. The number of hydrogen-bond donors (Lipinski definition) is 1. The number of rotatable bonds is 5. The SMILES string of the molecule is CCN(CC1(CO)CCCC1)C1CCCCC1. The van der Waals surface area contributed by atoms with Gasteiger partial charge in [-0.25, -0.2) is 0 Å². The van der Waals surface area contributed by atoms with E-state index in [4.69, 9.17) is 0 Å². The molecule has 17 heavy (non-hydrogen) atoms. The van der Waals surface area contributed by atoms with Crippen molar-refractivity contribution in [1.82, 2.24) is 4.90 Å². The summed E-state index contributed by atoms with van der Waals surface area (Å²) < 4.78 is 0. The van der Waals surface area contributed by atoms with Gasteiger partial charge in [0, 0.05) is 24.6 Å². The maximum Gasteiger partial charge on any atom is 0.0499 e. The lowest BCUT2D eigenvalue weighted by Gasteiger charge is -2.39. The molecule has 2 fully saturated rings. The van der Waals surface area contributed by atoms with Crippen LogP contribution in [0.25, 0.3) is 0 Å². The first kappa shape index (κ1) is 13.4. The Morgan fingerprint density at radius 2 is 1.71 bits per heavy atom. The van der Waals surface area contributed by atoms with Crippen LogP contribution in [0.3, 0.4) is 0 Å². The van der Waals surface area contributed by atoms with Crippen LogP contribution in [0.5, 0.6) is 0 Å². The number of hydrogen-bond acceptors (Lipinski definition) is 2. The summed E-state index contributed by atoms with van der Waals surface area (Å²) in [6, 6.07) is 0.803. The average molecular weight is 239 g/mol. The molecule has 0 unspecified atom stereocenters. The van der Waals surface area contributed by atoms with Gasteiger partial charge in [-0.1, -0.05) is 39.0 Å². The molecule has 2 saturated carbocycles. The molecule has 0 heterocycles. The fraction of sp³-hybridized carbons (Fsp3) is 1.00. The fourth-order valence-corrected chi connectivity index (χ4v) is 3.87. The second-order valence-electron chi connectivity index (χ2n) is 6.22. The van der Waals surface area contributed by atoms with Gasteiger partial charge >= 0.3 is 0 Å². The minimum Gasteiger partial charge on any atom is -0.396 e. The molecule has 0 bridgehead atoms. The summed E-state index contributed by atoms with van der Waals surface area (Å²) in [6.45, 7) is 4.99. The Labute approximate surface area is 106 Å². The van der Waals surface area contributed by atoms with Crippen molar-refractivity contribution in [3.63, 3.8) is 0 Å². The molecule has 0 aromatic heterocycles. The lowest BCUT2D eigenvalue weighted by Crippen LogP contribution is -2.44. The van der Waals surface area contributed by atoms with Crippen molar-refractivity contribution in [2.45, 2.75) is 70.8 Å². The van der Waals surface area contributed by atoms with Crippen LogP contribution >= 0.6 is 0 Å². The Bertz CT molecular complexity index is 217. The highest BCUT2D eigenvalue weighted by Crippen LogP contribution is 2.39. The Morgan fingerprint density at radius 3 is 2.24 bits per heavy atom. The summed E-state index contributed by atoms with van der Waals surface area (Å²) in [6.07, 6.45) is 12.1. The lowest BCUT2D eigenvalue weighted by molar-refractivity contribution is 0.0504. The quantitative estimate of drug-likeness (QED) is 0.796. The maximum absolute atomic E-state index is 9.73. The van der Waals surface area contributed by atoms with Gasteiger partial charge in [-0.3, -0.25) is 0 Å². The molecule has 0 aromatic carbocycles. The van der Waals surface area contributed by atoms with Crippen LogP contribution in [0.2, 0.25) is 0 Å². The molecular formula is C15H29NO. The van der Waals surface area contributed by atoms with E-state index in [0.717, 1.165) is 19.1 Å². The van der Waals surface area contributed by atoms with Crippen molar-refractivity contribution in [2.75, 3.05) is 19.7 Å². The first-order valence-electron chi connectivity index (χ1n) is 7.64. The molecule has 2 heteroatoms. The predicted molar refractivity (Wildman–Crippen MR) is 72.1 cm³/mol. The van der Waals surface area contributed by atoms with Gasteiger partial charge in [0.15, 0.2) is 0 Å². The van der Waals surface area contributed by atoms with Crippen LogP contribution < -0.4 is 0 Å². The third kappa shape index (κ3) is 3.23. The molecule has 0 spiro atoms. The van der Waals surface area contributed by atoms with Gasteiger partial charge in [0.05, 0.1) is 0 Å². The first-order valence-corrected chi connectivity index (χ1v) is 7.64. The van der Waals surface area contributed by atoms with Gasteiger partial charge in [0.2, 0.25) is 0 Å². The minimum absolute atomic E-state index is 0.244. The Morgan fingerprint density at radius 1 is 1.06 bits per heavy atom. The average Bonchev–Trinajstić information content (AvgIpc) is 2.86. The monoisotopic (exact) mass is 239 g/mol. The van der Waals surface area contributed by atoms with Crippen molar-refractivity contribution in [1.29, 1.82) is 0 Å². The van der Waals surface area contributed by atoms with Gasteiger partial charge in [-0.15, -0.1) is 0 Å². The van der Waals surface area contributed by atoms with Gasteiger partial charge in [-0.05, 0) is 32.2 Å². The summed E-state index contributed by atoms with van der Waals surface area (Å²) in [5.74, 6) is 0. The smallest absolute Gasteiger partial charge is 0.0499 e. The minimum atomic E-state index is 0.244. The highest BCUT2D eigenvalue weighted by Gasteiger charge is 2.36. The molecule has 0 saturated heterocycles. The largest absolute Gasteiger partial charge is 0.396 e. The predicted octanol–water partition coefficient (Wildman–Crippen LogP) is 3.19. The van der Waals surface area contributed by atoms with E-state index in [-0.39, 0.29) is 5.41 Å². The normalized spacial score (nSPS) is 25.6. The van der Waals surface area contributed by atoms with E-state index in [1.54, 1.807) is 0 Å². The van der Waals surface area contributed by atoms with Crippen molar-refractivity contribution in [2.24, 2.45) is 5.41 Å². The van der Waals surface area contributed by atoms with Crippen molar-refractivity contribution in [3.05, 3.63) is 0 Å². The highest BCUT2D eigenvalue weighted by atomic mass is 16.3. The molecule has 0 aliphatic heterocycles. The molecule has 2 nitrogen and oxygen atoms in total. The van der Waals surface area contributed by atoms with E-state index >= 15 is 0 Å². The van der Waals surface area contributed by atoms with Crippen molar-refractivity contribution in [3.8, 4) is 0 Å². The van der Waals surface area contributed by atoms with Gasteiger partial charge < -0.3 is 10.0 Å².